The van der Waals surface area contributed by atoms with E-state index in [0.717, 1.165) is 36.5 Å². The van der Waals surface area contributed by atoms with Gasteiger partial charge in [0.25, 0.3) is 0 Å². The summed E-state index contributed by atoms with van der Waals surface area (Å²) in [4.78, 5) is 4.22. The highest BCUT2D eigenvalue weighted by Gasteiger charge is 2.31. The molecular formula is C14H20F3N3S. The van der Waals surface area contributed by atoms with Gasteiger partial charge in [-0.25, -0.2) is 4.98 Å². The SMILES string of the molecule is CCCNc1cc(C(F)(F)F)cc(NCC2CCSC2)n1. The summed E-state index contributed by atoms with van der Waals surface area (Å²) in [5.41, 5.74) is -0.667. The molecule has 1 aliphatic rings. The third kappa shape index (κ3) is 4.98. The predicted molar refractivity (Wildman–Crippen MR) is 81.9 cm³/mol. The minimum absolute atomic E-state index is 0.273. The van der Waals surface area contributed by atoms with Gasteiger partial charge in [0.05, 0.1) is 5.56 Å². The second kappa shape index (κ2) is 7.24. The fourth-order valence-corrected chi connectivity index (χ4v) is 3.41. The molecule has 0 radical (unpaired) electrons. The highest BCUT2D eigenvalue weighted by Crippen LogP contribution is 2.32. The first-order valence-corrected chi connectivity index (χ1v) is 8.29. The Kier molecular flexibility index (Phi) is 5.61. The quantitative estimate of drug-likeness (QED) is 0.828. The van der Waals surface area contributed by atoms with Crippen LogP contribution < -0.4 is 10.6 Å². The Hall–Kier alpha value is -1.11. The molecule has 0 spiro atoms. The van der Waals surface area contributed by atoms with Gasteiger partial charge >= 0.3 is 6.18 Å². The lowest BCUT2D eigenvalue weighted by molar-refractivity contribution is -0.137. The average Bonchev–Trinajstić information content (AvgIpc) is 2.95. The van der Waals surface area contributed by atoms with Crippen molar-refractivity contribution in [3.8, 4) is 0 Å². The zero-order valence-corrected chi connectivity index (χ0v) is 12.8. The third-order valence-corrected chi connectivity index (χ3v) is 4.54. The number of hydrogen-bond acceptors (Lipinski definition) is 4. The van der Waals surface area contributed by atoms with Gasteiger partial charge in [-0.05, 0) is 42.4 Å². The zero-order chi connectivity index (χ0) is 15.3. The summed E-state index contributed by atoms with van der Waals surface area (Å²) >= 11 is 1.89. The first kappa shape index (κ1) is 16.3. The van der Waals surface area contributed by atoms with Crippen molar-refractivity contribution in [3.63, 3.8) is 0 Å². The molecule has 1 fully saturated rings. The Morgan fingerprint density at radius 3 is 2.57 bits per heavy atom. The highest BCUT2D eigenvalue weighted by molar-refractivity contribution is 7.99. The molecule has 1 unspecified atom stereocenters. The Morgan fingerprint density at radius 1 is 1.29 bits per heavy atom. The molecule has 0 saturated carbocycles. The lowest BCUT2D eigenvalue weighted by atomic mass is 10.1. The standard InChI is InChI=1S/C14H20F3N3S/c1-2-4-18-12-6-11(14(15,16)17)7-13(20-12)19-8-10-3-5-21-9-10/h6-7,10H,2-5,8-9H2,1H3,(H2,18,19,20). The molecular weight excluding hydrogens is 299 g/mol. The van der Waals surface area contributed by atoms with Crippen molar-refractivity contribution in [1.82, 2.24) is 4.98 Å². The topological polar surface area (TPSA) is 37.0 Å². The molecule has 1 aliphatic heterocycles. The van der Waals surface area contributed by atoms with Gasteiger partial charge in [0.1, 0.15) is 11.6 Å². The fraction of sp³-hybridized carbons (Fsp3) is 0.643. The van der Waals surface area contributed by atoms with Gasteiger partial charge in [-0.15, -0.1) is 0 Å². The number of hydrogen-bond donors (Lipinski definition) is 2. The van der Waals surface area contributed by atoms with Gasteiger partial charge < -0.3 is 10.6 Å². The van der Waals surface area contributed by atoms with Crippen LogP contribution in [0.3, 0.4) is 0 Å². The van der Waals surface area contributed by atoms with Crippen LogP contribution in [0.15, 0.2) is 12.1 Å². The molecule has 1 atom stereocenters. The number of pyridine rings is 1. The molecule has 118 valence electrons. The van der Waals surface area contributed by atoms with Crippen LogP contribution in [0.4, 0.5) is 24.8 Å². The Morgan fingerprint density at radius 2 is 2.00 bits per heavy atom. The molecule has 1 aromatic rings. The van der Waals surface area contributed by atoms with Gasteiger partial charge in [0.2, 0.25) is 0 Å². The number of rotatable bonds is 6. The second-order valence-electron chi connectivity index (χ2n) is 5.16. The molecule has 7 heteroatoms. The molecule has 2 N–H and O–H groups in total. The molecule has 1 saturated heterocycles. The third-order valence-electron chi connectivity index (χ3n) is 3.30. The van der Waals surface area contributed by atoms with Crippen molar-refractivity contribution < 1.29 is 13.2 Å². The lowest BCUT2D eigenvalue weighted by Gasteiger charge is -2.15. The number of halogens is 3. The van der Waals surface area contributed by atoms with Gasteiger partial charge in [-0.3, -0.25) is 0 Å². The smallest absolute Gasteiger partial charge is 0.370 e. The van der Waals surface area contributed by atoms with Crippen LogP contribution in [-0.4, -0.2) is 29.6 Å². The van der Waals surface area contributed by atoms with Crippen molar-refractivity contribution in [3.05, 3.63) is 17.7 Å². The number of nitrogens with zero attached hydrogens (tertiary/aromatic N) is 1. The average molecular weight is 319 g/mol. The van der Waals surface area contributed by atoms with E-state index in [-0.39, 0.29) is 5.82 Å². The summed E-state index contributed by atoms with van der Waals surface area (Å²) in [6.07, 6.45) is -2.41. The molecule has 0 aliphatic carbocycles. The van der Waals surface area contributed by atoms with E-state index in [9.17, 15) is 13.2 Å². The molecule has 21 heavy (non-hydrogen) atoms. The molecule has 2 rings (SSSR count). The van der Waals surface area contributed by atoms with Crippen LogP contribution in [-0.2, 0) is 6.18 Å². The van der Waals surface area contributed by atoms with Crippen LogP contribution >= 0.6 is 11.8 Å². The van der Waals surface area contributed by atoms with Gasteiger partial charge in [-0.1, -0.05) is 6.92 Å². The van der Waals surface area contributed by atoms with Crippen LogP contribution in [0.5, 0.6) is 0 Å². The van der Waals surface area contributed by atoms with E-state index in [1.165, 1.54) is 0 Å². The van der Waals surface area contributed by atoms with E-state index in [4.69, 9.17) is 0 Å². The van der Waals surface area contributed by atoms with Crippen LogP contribution in [0.25, 0.3) is 0 Å². The number of alkyl halides is 3. The number of anilines is 2. The fourth-order valence-electron chi connectivity index (χ4n) is 2.12. The summed E-state index contributed by atoms with van der Waals surface area (Å²) < 4.78 is 38.8. The summed E-state index contributed by atoms with van der Waals surface area (Å²) in [5, 5.41) is 5.97. The van der Waals surface area contributed by atoms with Crippen molar-refractivity contribution >= 4 is 23.4 Å². The second-order valence-corrected chi connectivity index (χ2v) is 6.31. The van der Waals surface area contributed by atoms with E-state index in [1.54, 1.807) is 0 Å². The maximum Gasteiger partial charge on any atom is 0.416 e. The normalized spacial score (nSPS) is 18.8. The molecule has 0 amide bonds. The maximum absolute atomic E-state index is 12.9. The number of aromatic nitrogens is 1. The largest absolute Gasteiger partial charge is 0.416 e. The van der Waals surface area contributed by atoms with E-state index in [1.807, 2.05) is 18.7 Å². The lowest BCUT2D eigenvalue weighted by Crippen LogP contribution is -2.16. The van der Waals surface area contributed by atoms with Crippen LogP contribution in [0.2, 0.25) is 0 Å². The Bertz CT molecular complexity index is 459. The molecule has 3 nitrogen and oxygen atoms in total. The van der Waals surface area contributed by atoms with E-state index in [0.29, 0.717) is 24.8 Å². The first-order valence-electron chi connectivity index (χ1n) is 7.14. The Labute approximate surface area is 127 Å². The first-order chi connectivity index (χ1) is 9.99. The summed E-state index contributed by atoms with van der Waals surface area (Å²) in [6, 6.07) is 2.14. The van der Waals surface area contributed by atoms with E-state index >= 15 is 0 Å². The van der Waals surface area contributed by atoms with Crippen molar-refractivity contribution in [2.75, 3.05) is 35.2 Å². The van der Waals surface area contributed by atoms with Gasteiger partial charge in [0.15, 0.2) is 0 Å². The predicted octanol–water partition coefficient (Wildman–Crippen LogP) is 4.09. The van der Waals surface area contributed by atoms with E-state index in [2.05, 4.69) is 15.6 Å². The summed E-state index contributed by atoms with van der Waals surface area (Å²) in [6.45, 7) is 3.24. The molecule has 0 bridgehead atoms. The van der Waals surface area contributed by atoms with Gasteiger partial charge in [-0.2, -0.15) is 24.9 Å². The van der Waals surface area contributed by atoms with Crippen molar-refractivity contribution in [2.24, 2.45) is 5.92 Å². The van der Waals surface area contributed by atoms with E-state index < -0.39 is 11.7 Å². The maximum atomic E-state index is 12.9. The Balaban J connectivity index is 2.09. The monoisotopic (exact) mass is 319 g/mol. The molecule has 0 aromatic carbocycles. The summed E-state index contributed by atoms with van der Waals surface area (Å²) in [5.74, 6) is 3.27. The summed E-state index contributed by atoms with van der Waals surface area (Å²) in [7, 11) is 0. The minimum atomic E-state index is -4.36. The van der Waals surface area contributed by atoms with Crippen molar-refractivity contribution in [1.29, 1.82) is 0 Å². The number of nitrogens with one attached hydrogen (secondary N) is 2. The molecule has 1 aromatic heterocycles. The number of thioether (sulfide) groups is 1. The van der Waals surface area contributed by atoms with Crippen LogP contribution in [0.1, 0.15) is 25.3 Å². The molecule has 2 heterocycles. The van der Waals surface area contributed by atoms with Gasteiger partial charge in [0, 0.05) is 13.1 Å². The zero-order valence-electron chi connectivity index (χ0n) is 12.0. The minimum Gasteiger partial charge on any atom is -0.370 e. The highest BCUT2D eigenvalue weighted by atomic mass is 32.2. The van der Waals surface area contributed by atoms with Crippen LogP contribution in [0, 0.1) is 5.92 Å². The van der Waals surface area contributed by atoms with Crippen molar-refractivity contribution in [2.45, 2.75) is 25.9 Å².